The number of hydrogen-bond acceptors (Lipinski definition) is 4. The van der Waals surface area contributed by atoms with E-state index in [1.165, 1.54) is 17.1 Å². The molecular formula is C6H8N2O3. The molecule has 1 unspecified atom stereocenters. The van der Waals surface area contributed by atoms with Crippen molar-refractivity contribution in [3.63, 3.8) is 0 Å². The normalized spacial score (nSPS) is 27.0. The Morgan fingerprint density at radius 2 is 2.36 bits per heavy atom. The maximum absolute atomic E-state index is 9.22. The fourth-order valence-electron chi connectivity index (χ4n) is 1.27. The third-order valence-corrected chi connectivity index (χ3v) is 1.86. The highest BCUT2D eigenvalue weighted by molar-refractivity contribution is 5.09. The molecule has 0 amide bonds. The number of fused-ring (bicyclic) bond motifs is 1. The molecule has 5 nitrogen and oxygen atoms in total. The van der Waals surface area contributed by atoms with Crippen molar-refractivity contribution in [3.8, 4) is 0 Å². The highest BCUT2D eigenvalue weighted by Gasteiger charge is 2.42. The monoisotopic (exact) mass is 156 g/mol. The molecule has 0 aromatic carbocycles. The quantitative estimate of drug-likeness (QED) is 0.404. The van der Waals surface area contributed by atoms with Gasteiger partial charge in [-0.15, -0.1) is 0 Å². The van der Waals surface area contributed by atoms with Crippen molar-refractivity contribution in [2.45, 2.75) is 18.4 Å². The fraction of sp³-hybridized carbons (Fsp3) is 0.500. The lowest BCUT2D eigenvalue weighted by atomic mass is 10.2. The van der Waals surface area contributed by atoms with Crippen molar-refractivity contribution in [3.05, 3.63) is 18.2 Å². The summed E-state index contributed by atoms with van der Waals surface area (Å²) in [6, 6.07) is 0. The molecule has 1 aromatic heterocycles. The van der Waals surface area contributed by atoms with Gasteiger partial charge in [-0.2, -0.15) is 0 Å². The highest BCUT2D eigenvalue weighted by Crippen LogP contribution is 2.30. The van der Waals surface area contributed by atoms with E-state index in [0.29, 0.717) is 5.69 Å². The second-order valence-corrected chi connectivity index (χ2v) is 2.72. The minimum absolute atomic E-state index is 0.0220. The molecule has 3 N–H and O–H groups in total. The van der Waals surface area contributed by atoms with Crippen molar-refractivity contribution < 1.29 is 15.3 Å². The molecule has 60 valence electrons. The summed E-state index contributed by atoms with van der Waals surface area (Å²) in [4.78, 5) is 3.74. The van der Waals surface area contributed by atoms with E-state index in [1.54, 1.807) is 0 Å². The predicted molar refractivity (Wildman–Crippen MR) is 34.4 cm³/mol. The SMILES string of the molecule is OC1n2cncc2CC1(O)O. The van der Waals surface area contributed by atoms with Crippen molar-refractivity contribution in [2.75, 3.05) is 0 Å². The van der Waals surface area contributed by atoms with Crippen molar-refractivity contribution in [1.29, 1.82) is 0 Å². The van der Waals surface area contributed by atoms with E-state index in [4.69, 9.17) is 10.2 Å². The first-order valence-electron chi connectivity index (χ1n) is 3.25. The topological polar surface area (TPSA) is 78.5 Å². The van der Waals surface area contributed by atoms with E-state index >= 15 is 0 Å². The molecule has 2 heterocycles. The van der Waals surface area contributed by atoms with Crippen LogP contribution in [0.4, 0.5) is 0 Å². The third-order valence-electron chi connectivity index (χ3n) is 1.86. The average molecular weight is 156 g/mol. The van der Waals surface area contributed by atoms with Gasteiger partial charge in [0.1, 0.15) is 0 Å². The summed E-state index contributed by atoms with van der Waals surface area (Å²) in [5.74, 6) is -2.03. The molecule has 1 atom stereocenters. The van der Waals surface area contributed by atoms with Gasteiger partial charge in [-0.25, -0.2) is 4.98 Å². The Balaban J connectivity index is 2.45. The molecule has 0 spiro atoms. The lowest BCUT2D eigenvalue weighted by Crippen LogP contribution is -2.34. The van der Waals surface area contributed by atoms with Gasteiger partial charge in [-0.1, -0.05) is 0 Å². The maximum Gasteiger partial charge on any atom is 0.215 e. The summed E-state index contributed by atoms with van der Waals surface area (Å²) in [5.41, 5.74) is 0.627. The molecule has 1 aromatic rings. The molecule has 11 heavy (non-hydrogen) atoms. The van der Waals surface area contributed by atoms with E-state index in [0.717, 1.165) is 0 Å². The Bertz CT molecular complexity index is 281. The van der Waals surface area contributed by atoms with Crippen LogP contribution < -0.4 is 0 Å². The molecule has 0 saturated carbocycles. The van der Waals surface area contributed by atoms with Gasteiger partial charge in [0.25, 0.3) is 0 Å². The van der Waals surface area contributed by atoms with E-state index in [1.807, 2.05) is 0 Å². The molecule has 5 heteroatoms. The molecular weight excluding hydrogens is 148 g/mol. The number of aromatic nitrogens is 2. The number of rotatable bonds is 0. The van der Waals surface area contributed by atoms with Crippen LogP contribution in [0.3, 0.4) is 0 Å². The van der Waals surface area contributed by atoms with Crippen LogP contribution in [-0.4, -0.2) is 30.7 Å². The number of aliphatic hydroxyl groups excluding tert-OH is 1. The number of imidazole rings is 1. The zero-order chi connectivity index (χ0) is 8.06. The standard InChI is InChI=1S/C6H8N2O3/c9-5-6(10,11)1-4-2-7-3-8(4)5/h2-3,5,9-11H,1H2. The Kier molecular flexibility index (Phi) is 1.12. The Labute approximate surface area is 62.5 Å². The highest BCUT2D eigenvalue weighted by atomic mass is 16.5. The second kappa shape index (κ2) is 1.82. The van der Waals surface area contributed by atoms with Gasteiger partial charge >= 0.3 is 0 Å². The van der Waals surface area contributed by atoms with E-state index < -0.39 is 12.0 Å². The second-order valence-electron chi connectivity index (χ2n) is 2.72. The van der Waals surface area contributed by atoms with Gasteiger partial charge in [0.2, 0.25) is 5.79 Å². The fourth-order valence-corrected chi connectivity index (χ4v) is 1.27. The third kappa shape index (κ3) is 0.787. The van der Waals surface area contributed by atoms with E-state index in [9.17, 15) is 5.11 Å². The number of nitrogens with zero attached hydrogens (tertiary/aromatic N) is 2. The van der Waals surface area contributed by atoms with Gasteiger partial charge < -0.3 is 19.9 Å². The van der Waals surface area contributed by atoms with Gasteiger partial charge in [-0.3, -0.25) is 0 Å². The zero-order valence-electron chi connectivity index (χ0n) is 5.68. The molecule has 2 rings (SSSR count). The Morgan fingerprint density at radius 1 is 1.64 bits per heavy atom. The van der Waals surface area contributed by atoms with Crippen LogP contribution in [0.25, 0.3) is 0 Å². The molecule has 0 bridgehead atoms. The maximum atomic E-state index is 9.22. The first-order chi connectivity index (χ1) is 5.11. The summed E-state index contributed by atoms with van der Waals surface area (Å²) < 4.78 is 1.33. The summed E-state index contributed by atoms with van der Waals surface area (Å²) in [6.07, 6.45) is 1.60. The Morgan fingerprint density at radius 3 is 3.00 bits per heavy atom. The van der Waals surface area contributed by atoms with Gasteiger partial charge in [0.15, 0.2) is 6.23 Å². The van der Waals surface area contributed by atoms with E-state index in [2.05, 4.69) is 4.98 Å². The number of hydrogen-bond donors (Lipinski definition) is 3. The summed E-state index contributed by atoms with van der Waals surface area (Å²) in [5, 5.41) is 27.5. The molecule has 0 aliphatic carbocycles. The van der Waals surface area contributed by atoms with Gasteiger partial charge in [-0.05, 0) is 0 Å². The van der Waals surface area contributed by atoms with Crippen LogP contribution in [0, 0.1) is 0 Å². The summed E-state index contributed by atoms with van der Waals surface area (Å²) in [7, 11) is 0. The van der Waals surface area contributed by atoms with Crippen molar-refractivity contribution in [1.82, 2.24) is 9.55 Å². The number of aliphatic hydroxyl groups is 3. The lowest BCUT2D eigenvalue weighted by molar-refractivity contribution is -0.233. The lowest BCUT2D eigenvalue weighted by Gasteiger charge is -2.18. The van der Waals surface area contributed by atoms with Crippen LogP contribution in [-0.2, 0) is 6.42 Å². The molecule has 0 radical (unpaired) electrons. The molecule has 1 aliphatic rings. The van der Waals surface area contributed by atoms with Crippen LogP contribution in [0.5, 0.6) is 0 Å². The van der Waals surface area contributed by atoms with Crippen molar-refractivity contribution in [2.24, 2.45) is 0 Å². The minimum atomic E-state index is -2.03. The minimum Gasteiger partial charge on any atom is -0.368 e. The summed E-state index contributed by atoms with van der Waals surface area (Å²) in [6.45, 7) is 0. The first-order valence-corrected chi connectivity index (χ1v) is 3.25. The van der Waals surface area contributed by atoms with Crippen LogP contribution in [0.1, 0.15) is 11.9 Å². The van der Waals surface area contributed by atoms with Crippen LogP contribution >= 0.6 is 0 Å². The predicted octanol–water partition coefficient (Wildman–Crippen LogP) is -1.39. The molecule has 0 saturated heterocycles. The smallest absolute Gasteiger partial charge is 0.215 e. The largest absolute Gasteiger partial charge is 0.368 e. The average Bonchev–Trinajstić information content (AvgIpc) is 2.39. The molecule has 1 aliphatic heterocycles. The van der Waals surface area contributed by atoms with Crippen molar-refractivity contribution >= 4 is 0 Å². The van der Waals surface area contributed by atoms with Crippen LogP contribution in [0.15, 0.2) is 12.5 Å². The van der Waals surface area contributed by atoms with Gasteiger partial charge in [0.05, 0.1) is 6.33 Å². The van der Waals surface area contributed by atoms with Crippen LogP contribution in [0.2, 0.25) is 0 Å². The first kappa shape index (κ1) is 6.78. The summed E-state index contributed by atoms with van der Waals surface area (Å²) >= 11 is 0. The van der Waals surface area contributed by atoms with E-state index in [-0.39, 0.29) is 6.42 Å². The van der Waals surface area contributed by atoms with Gasteiger partial charge in [0, 0.05) is 18.3 Å². The molecule has 0 fully saturated rings. The Hall–Kier alpha value is -0.910. The zero-order valence-corrected chi connectivity index (χ0v) is 5.68.